The number of rotatable bonds is 2. The highest BCUT2D eigenvalue weighted by atomic mass is 16.3. The van der Waals surface area contributed by atoms with Crippen LogP contribution in [0.4, 0.5) is 0 Å². The smallest absolute Gasteiger partial charge is 0.115 e. The Labute approximate surface area is 105 Å². The number of nitrogens with zero attached hydrogens (tertiary/aromatic N) is 2. The Kier molecular flexibility index (Phi) is 2.57. The van der Waals surface area contributed by atoms with E-state index in [0.29, 0.717) is 0 Å². The summed E-state index contributed by atoms with van der Waals surface area (Å²) in [5.41, 5.74) is 3.16. The summed E-state index contributed by atoms with van der Waals surface area (Å²) in [5.74, 6) is 0.273. The van der Waals surface area contributed by atoms with Crippen LogP contribution in [0.2, 0.25) is 0 Å². The van der Waals surface area contributed by atoms with E-state index in [9.17, 15) is 5.11 Å². The fraction of sp³-hybridized carbons (Fsp3) is 0. The summed E-state index contributed by atoms with van der Waals surface area (Å²) in [6.45, 7) is 0. The van der Waals surface area contributed by atoms with Crippen LogP contribution in [0.3, 0.4) is 0 Å². The van der Waals surface area contributed by atoms with Gasteiger partial charge in [0.2, 0.25) is 0 Å². The van der Waals surface area contributed by atoms with E-state index in [-0.39, 0.29) is 5.75 Å². The van der Waals surface area contributed by atoms with E-state index in [1.807, 2.05) is 53.3 Å². The van der Waals surface area contributed by atoms with Crippen LogP contribution >= 0.6 is 0 Å². The Hall–Kier alpha value is -2.55. The van der Waals surface area contributed by atoms with Crippen LogP contribution < -0.4 is 0 Å². The zero-order chi connectivity index (χ0) is 12.4. The van der Waals surface area contributed by atoms with Crippen molar-refractivity contribution < 1.29 is 5.11 Å². The monoisotopic (exact) mass is 236 g/mol. The van der Waals surface area contributed by atoms with Gasteiger partial charge in [-0.05, 0) is 29.8 Å². The van der Waals surface area contributed by atoms with Crippen molar-refractivity contribution in [3.05, 3.63) is 67.0 Å². The number of hydrogen-bond donors (Lipinski definition) is 1. The molecule has 0 atom stereocenters. The zero-order valence-corrected chi connectivity index (χ0v) is 9.69. The fourth-order valence-electron chi connectivity index (χ4n) is 1.97. The third kappa shape index (κ3) is 1.86. The van der Waals surface area contributed by atoms with Crippen molar-refractivity contribution >= 4 is 0 Å². The predicted octanol–water partition coefficient (Wildman–Crippen LogP) is 3.24. The lowest BCUT2D eigenvalue weighted by Gasteiger charge is -2.09. The highest BCUT2D eigenvalue weighted by Crippen LogP contribution is 2.27. The highest BCUT2D eigenvalue weighted by molar-refractivity contribution is 5.73. The van der Waals surface area contributed by atoms with E-state index in [1.165, 1.54) is 0 Å². The Morgan fingerprint density at radius 3 is 2.39 bits per heavy atom. The summed E-state index contributed by atoms with van der Waals surface area (Å²) in [4.78, 5) is 0. The molecule has 88 valence electrons. The molecule has 0 radical (unpaired) electrons. The molecule has 3 aromatic rings. The Balaban J connectivity index is 2.15. The molecule has 1 heterocycles. The first-order chi connectivity index (χ1) is 8.84. The molecule has 3 rings (SSSR count). The molecule has 0 spiro atoms. The van der Waals surface area contributed by atoms with Gasteiger partial charge in [0.05, 0.1) is 5.69 Å². The van der Waals surface area contributed by atoms with Crippen LogP contribution in [0, 0.1) is 0 Å². The summed E-state index contributed by atoms with van der Waals surface area (Å²) in [6.07, 6.45) is 3.67. The van der Waals surface area contributed by atoms with Crippen molar-refractivity contribution in [2.45, 2.75) is 0 Å². The number of aromatic hydroxyl groups is 1. The second kappa shape index (κ2) is 4.37. The van der Waals surface area contributed by atoms with Crippen LogP contribution in [0.5, 0.6) is 5.75 Å². The van der Waals surface area contributed by atoms with Crippen molar-refractivity contribution in [2.75, 3.05) is 0 Å². The van der Waals surface area contributed by atoms with Gasteiger partial charge in [-0.15, -0.1) is 0 Å². The Morgan fingerprint density at radius 1 is 0.889 bits per heavy atom. The summed E-state index contributed by atoms with van der Waals surface area (Å²) in [5, 5.41) is 13.6. The first kappa shape index (κ1) is 10.6. The average molecular weight is 236 g/mol. The Bertz CT molecular complexity index is 643. The molecule has 2 aromatic carbocycles. The summed E-state index contributed by atoms with van der Waals surface area (Å²) < 4.78 is 1.84. The van der Waals surface area contributed by atoms with E-state index >= 15 is 0 Å². The molecule has 0 bridgehead atoms. The van der Waals surface area contributed by atoms with Gasteiger partial charge in [-0.3, -0.25) is 0 Å². The quantitative estimate of drug-likeness (QED) is 0.741. The molecule has 0 aliphatic carbocycles. The molecular formula is C15H12N2O. The molecule has 1 N–H and O–H groups in total. The molecule has 0 saturated heterocycles. The number of benzene rings is 2. The molecule has 1 aromatic heterocycles. The molecule has 18 heavy (non-hydrogen) atoms. The molecule has 0 fully saturated rings. The number of phenols is 1. The van der Waals surface area contributed by atoms with Crippen molar-refractivity contribution in [1.82, 2.24) is 9.78 Å². The first-order valence-electron chi connectivity index (χ1n) is 5.73. The molecule has 3 nitrogen and oxygen atoms in total. The minimum Gasteiger partial charge on any atom is -0.508 e. The van der Waals surface area contributed by atoms with Crippen molar-refractivity contribution in [2.24, 2.45) is 0 Å². The lowest BCUT2D eigenvalue weighted by molar-refractivity contribution is 0.475. The third-order valence-electron chi connectivity index (χ3n) is 2.83. The van der Waals surface area contributed by atoms with E-state index < -0.39 is 0 Å². The van der Waals surface area contributed by atoms with Gasteiger partial charge in [-0.2, -0.15) is 5.10 Å². The van der Waals surface area contributed by atoms with Gasteiger partial charge in [-0.25, -0.2) is 4.68 Å². The van der Waals surface area contributed by atoms with E-state index in [0.717, 1.165) is 16.8 Å². The third-order valence-corrected chi connectivity index (χ3v) is 2.83. The van der Waals surface area contributed by atoms with E-state index in [1.54, 1.807) is 18.3 Å². The van der Waals surface area contributed by atoms with E-state index in [4.69, 9.17) is 0 Å². The maximum absolute atomic E-state index is 9.34. The number of para-hydroxylation sites is 1. The second-order valence-corrected chi connectivity index (χ2v) is 4.01. The van der Waals surface area contributed by atoms with Crippen LogP contribution in [0.15, 0.2) is 67.0 Å². The number of hydrogen-bond acceptors (Lipinski definition) is 2. The lowest BCUT2D eigenvalue weighted by Crippen LogP contribution is -1.96. The van der Waals surface area contributed by atoms with Gasteiger partial charge in [0, 0.05) is 18.0 Å². The molecule has 0 amide bonds. The van der Waals surface area contributed by atoms with Crippen LogP contribution in [-0.4, -0.2) is 14.9 Å². The molecule has 0 aliphatic rings. The van der Waals surface area contributed by atoms with Gasteiger partial charge < -0.3 is 5.11 Å². The fourth-order valence-corrected chi connectivity index (χ4v) is 1.97. The molecule has 0 saturated carbocycles. The summed E-state index contributed by atoms with van der Waals surface area (Å²) in [6, 6.07) is 17.1. The average Bonchev–Trinajstić information content (AvgIpc) is 2.93. The second-order valence-electron chi connectivity index (χ2n) is 4.01. The van der Waals surface area contributed by atoms with Crippen LogP contribution in [-0.2, 0) is 0 Å². The van der Waals surface area contributed by atoms with Gasteiger partial charge in [0.1, 0.15) is 5.75 Å². The van der Waals surface area contributed by atoms with Crippen LogP contribution in [0.25, 0.3) is 16.8 Å². The Morgan fingerprint density at radius 2 is 1.67 bits per heavy atom. The number of aromatic nitrogens is 2. The summed E-state index contributed by atoms with van der Waals surface area (Å²) >= 11 is 0. The molecule has 0 unspecified atom stereocenters. The highest BCUT2D eigenvalue weighted by Gasteiger charge is 2.06. The van der Waals surface area contributed by atoms with Gasteiger partial charge in [-0.1, -0.05) is 30.3 Å². The zero-order valence-electron chi connectivity index (χ0n) is 9.69. The van der Waals surface area contributed by atoms with Crippen molar-refractivity contribution in [1.29, 1.82) is 0 Å². The SMILES string of the molecule is Oc1ccc(-c2ccccc2-n2cccn2)cc1. The predicted molar refractivity (Wildman–Crippen MR) is 70.7 cm³/mol. The topological polar surface area (TPSA) is 38.0 Å². The largest absolute Gasteiger partial charge is 0.508 e. The summed E-state index contributed by atoms with van der Waals surface area (Å²) in [7, 11) is 0. The molecule has 0 aliphatic heterocycles. The van der Waals surface area contributed by atoms with Crippen molar-refractivity contribution in [3.8, 4) is 22.6 Å². The maximum Gasteiger partial charge on any atom is 0.115 e. The first-order valence-corrected chi connectivity index (χ1v) is 5.73. The lowest BCUT2D eigenvalue weighted by atomic mass is 10.0. The van der Waals surface area contributed by atoms with Crippen LogP contribution in [0.1, 0.15) is 0 Å². The van der Waals surface area contributed by atoms with Gasteiger partial charge in [0.25, 0.3) is 0 Å². The standard InChI is InChI=1S/C15H12N2O/c18-13-8-6-12(7-9-13)14-4-1-2-5-15(14)17-11-3-10-16-17/h1-11,18H. The van der Waals surface area contributed by atoms with Gasteiger partial charge >= 0.3 is 0 Å². The molecular weight excluding hydrogens is 224 g/mol. The minimum atomic E-state index is 0.273. The number of phenolic OH excluding ortho intramolecular Hbond substituents is 1. The van der Waals surface area contributed by atoms with Gasteiger partial charge in [0.15, 0.2) is 0 Å². The maximum atomic E-state index is 9.34. The normalized spacial score (nSPS) is 10.4. The van der Waals surface area contributed by atoms with E-state index in [2.05, 4.69) is 5.10 Å². The molecule has 3 heteroatoms. The minimum absolute atomic E-state index is 0.273. The van der Waals surface area contributed by atoms with Crippen molar-refractivity contribution in [3.63, 3.8) is 0 Å².